The molecule has 8 heteroatoms. The van der Waals surface area contributed by atoms with Crippen LogP contribution in [0.4, 0.5) is 5.82 Å². The van der Waals surface area contributed by atoms with Crippen molar-refractivity contribution in [2.45, 2.75) is 21.7 Å². The maximum Gasteiger partial charge on any atom is 0.212 e. The molecule has 0 aliphatic carbocycles. The number of sulfone groups is 1. The summed E-state index contributed by atoms with van der Waals surface area (Å²) in [5.74, 6) is 1.35. The number of aromatic nitrogens is 2. The first kappa shape index (κ1) is 14.7. The number of benzene rings is 1. The number of rotatable bonds is 5. The van der Waals surface area contributed by atoms with E-state index in [0.717, 1.165) is 0 Å². The van der Waals surface area contributed by atoms with Gasteiger partial charge in [0.2, 0.25) is 9.84 Å². The monoisotopic (exact) mass is 313 g/mol. The van der Waals surface area contributed by atoms with E-state index in [9.17, 15) is 8.42 Å². The summed E-state index contributed by atoms with van der Waals surface area (Å²) in [6.45, 7) is 1.92. The van der Waals surface area contributed by atoms with Gasteiger partial charge >= 0.3 is 0 Å². The molecular formula is C12H15N3O3S2. The predicted octanol–water partition coefficient (Wildman–Crippen LogP) is 1.95. The Hall–Kier alpha value is -1.67. The molecule has 0 atom stereocenters. The number of hydrogen-bond acceptors (Lipinski definition) is 6. The Kier molecular flexibility index (Phi) is 4.24. The summed E-state index contributed by atoms with van der Waals surface area (Å²) in [7, 11) is -2.18. The van der Waals surface area contributed by atoms with Crippen molar-refractivity contribution in [1.29, 1.82) is 0 Å². The van der Waals surface area contributed by atoms with Crippen LogP contribution in [0, 0.1) is 0 Å². The van der Waals surface area contributed by atoms with E-state index in [4.69, 9.17) is 10.5 Å². The van der Waals surface area contributed by atoms with Crippen LogP contribution in [0.15, 0.2) is 39.1 Å². The third-order valence-corrected chi connectivity index (χ3v) is 5.47. The lowest BCUT2D eigenvalue weighted by molar-refractivity contribution is 0.414. The lowest BCUT2D eigenvalue weighted by Crippen LogP contribution is -2.05. The SMILES string of the molecule is CCSc1n[nH]c(N)c1S(=O)(=O)c1ccc(OC)cc1. The highest BCUT2D eigenvalue weighted by molar-refractivity contribution is 8.00. The highest BCUT2D eigenvalue weighted by Gasteiger charge is 2.27. The highest BCUT2D eigenvalue weighted by atomic mass is 32.2. The lowest BCUT2D eigenvalue weighted by atomic mass is 10.3. The molecule has 0 spiro atoms. The second-order valence-corrected chi connectivity index (χ2v) is 7.02. The number of nitrogens with zero attached hydrogens (tertiary/aromatic N) is 1. The fourth-order valence-electron chi connectivity index (χ4n) is 1.69. The molecule has 0 amide bonds. The Morgan fingerprint density at radius 1 is 1.35 bits per heavy atom. The maximum absolute atomic E-state index is 12.6. The standard InChI is InChI=1S/C12H15N3O3S2/c1-3-19-12-10(11(13)14-15-12)20(16,17)9-6-4-8(18-2)5-7-9/h4-7H,3H2,1-2H3,(H3,13,14,15). The van der Waals surface area contributed by atoms with Crippen LogP contribution in [0.25, 0.3) is 0 Å². The van der Waals surface area contributed by atoms with Gasteiger partial charge in [-0.2, -0.15) is 5.10 Å². The van der Waals surface area contributed by atoms with Gasteiger partial charge in [-0.1, -0.05) is 6.92 Å². The number of ether oxygens (including phenoxy) is 1. The van der Waals surface area contributed by atoms with Crippen LogP contribution in [-0.4, -0.2) is 31.5 Å². The van der Waals surface area contributed by atoms with Crippen molar-refractivity contribution in [3.05, 3.63) is 24.3 Å². The van der Waals surface area contributed by atoms with E-state index in [0.29, 0.717) is 16.5 Å². The molecule has 1 aromatic heterocycles. The van der Waals surface area contributed by atoms with Gasteiger partial charge in [0.05, 0.1) is 12.0 Å². The normalized spacial score (nSPS) is 11.5. The number of methoxy groups -OCH3 is 1. The van der Waals surface area contributed by atoms with Crippen molar-refractivity contribution in [2.75, 3.05) is 18.6 Å². The molecule has 0 saturated heterocycles. The topological polar surface area (TPSA) is 98.1 Å². The number of nitrogens with two attached hydrogens (primary N) is 1. The molecule has 0 fully saturated rings. The van der Waals surface area contributed by atoms with Gasteiger partial charge in [-0.05, 0) is 30.0 Å². The van der Waals surface area contributed by atoms with E-state index < -0.39 is 9.84 Å². The van der Waals surface area contributed by atoms with E-state index in [1.165, 1.54) is 31.0 Å². The van der Waals surface area contributed by atoms with Gasteiger partial charge in [-0.15, -0.1) is 11.8 Å². The van der Waals surface area contributed by atoms with Crippen LogP contribution in [0.1, 0.15) is 6.92 Å². The van der Waals surface area contributed by atoms with Crippen molar-refractivity contribution >= 4 is 27.4 Å². The maximum atomic E-state index is 12.6. The van der Waals surface area contributed by atoms with Gasteiger partial charge in [0.15, 0.2) is 0 Å². The second kappa shape index (κ2) is 5.76. The molecule has 1 heterocycles. The first-order valence-corrected chi connectivity index (χ1v) is 8.33. The molecule has 0 unspecified atom stereocenters. The van der Waals surface area contributed by atoms with Gasteiger partial charge < -0.3 is 10.5 Å². The Balaban J connectivity index is 2.51. The molecule has 0 saturated carbocycles. The van der Waals surface area contributed by atoms with E-state index in [2.05, 4.69) is 10.2 Å². The van der Waals surface area contributed by atoms with Crippen LogP contribution in [0.2, 0.25) is 0 Å². The Bertz CT molecular complexity index is 693. The van der Waals surface area contributed by atoms with Gasteiger partial charge in [0.25, 0.3) is 0 Å². The zero-order valence-electron chi connectivity index (χ0n) is 11.1. The van der Waals surface area contributed by atoms with Crippen molar-refractivity contribution in [3.63, 3.8) is 0 Å². The fourth-order valence-corrected chi connectivity index (χ4v) is 4.17. The number of hydrogen-bond donors (Lipinski definition) is 2. The van der Waals surface area contributed by atoms with Crippen LogP contribution >= 0.6 is 11.8 Å². The van der Waals surface area contributed by atoms with E-state index in [-0.39, 0.29) is 15.6 Å². The average molecular weight is 313 g/mol. The molecule has 108 valence electrons. The molecule has 2 aromatic rings. The van der Waals surface area contributed by atoms with Gasteiger partial charge in [0, 0.05) is 0 Å². The summed E-state index contributed by atoms with van der Waals surface area (Å²) in [4.78, 5) is 0.193. The molecule has 1 aromatic carbocycles. The van der Waals surface area contributed by atoms with Crippen molar-refractivity contribution in [3.8, 4) is 5.75 Å². The summed E-state index contributed by atoms with van der Waals surface area (Å²) < 4.78 is 30.3. The quantitative estimate of drug-likeness (QED) is 0.819. The molecule has 0 bridgehead atoms. The third kappa shape index (κ3) is 2.61. The Morgan fingerprint density at radius 3 is 2.55 bits per heavy atom. The molecule has 20 heavy (non-hydrogen) atoms. The van der Waals surface area contributed by atoms with Crippen LogP contribution < -0.4 is 10.5 Å². The van der Waals surface area contributed by atoms with Crippen LogP contribution in [0.3, 0.4) is 0 Å². The molecule has 0 aliphatic rings. The highest BCUT2D eigenvalue weighted by Crippen LogP contribution is 2.33. The van der Waals surface area contributed by atoms with Crippen LogP contribution in [0.5, 0.6) is 5.75 Å². The number of nitrogens with one attached hydrogen (secondary N) is 1. The molecule has 2 rings (SSSR count). The minimum atomic E-state index is -3.70. The number of nitrogen functional groups attached to an aromatic ring is 1. The molecule has 6 nitrogen and oxygen atoms in total. The minimum Gasteiger partial charge on any atom is -0.497 e. The molecule has 0 aliphatic heterocycles. The summed E-state index contributed by atoms with van der Waals surface area (Å²) in [6.07, 6.45) is 0. The van der Waals surface area contributed by atoms with Gasteiger partial charge in [0.1, 0.15) is 21.5 Å². The number of thioether (sulfide) groups is 1. The zero-order valence-corrected chi connectivity index (χ0v) is 12.7. The number of aromatic amines is 1. The lowest BCUT2D eigenvalue weighted by Gasteiger charge is -2.06. The second-order valence-electron chi connectivity index (χ2n) is 3.88. The van der Waals surface area contributed by atoms with E-state index in [1.807, 2.05) is 6.92 Å². The smallest absolute Gasteiger partial charge is 0.212 e. The van der Waals surface area contributed by atoms with E-state index in [1.54, 1.807) is 12.1 Å². The molecular weight excluding hydrogens is 298 g/mol. The number of H-pyrrole nitrogens is 1. The van der Waals surface area contributed by atoms with Crippen molar-refractivity contribution in [2.24, 2.45) is 0 Å². The fraction of sp³-hybridized carbons (Fsp3) is 0.250. The molecule has 0 radical (unpaired) electrons. The molecule has 3 N–H and O–H groups in total. The Labute approximate surface area is 121 Å². The summed E-state index contributed by atoms with van der Waals surface area (Å²) in [5, 5.41) is 6.85. The summed E-state index contributed by atoms with van der Waals surface area (Å²) in [6, 6.07) is 6.16. The largest absolute Gasteiger partial charge is 0.497 e. The third-order valence-electron chi connectivity index (χ3n) is 2.64. The summed E-state index contributed by atoms with van der Waals surface area (Å²) >= 11 is 1.33. The van der Waals surface area contributed by atoms with Crippen molar-refractivity contribution in [1.82, 2.24) is 10.2 Å². The minimum absolute atomic E-state index is 0.0366. The first-order valence-electron chi connectivity index (χ1n) is 5.86. The first-order chi connectivity index (χ1) is 9.50. The predicted molar refractivity (Wildman–Crippen MR) is 77.8 cm³/mol. The van der Waals surface area contributed by atoms with Gasteiger partial charge in [-0.25, -0.2) is 8.42 Å². The summed E-state index contributed by atoms with van der Waals surface area (Å²) in [5.41, 5.74) is 5.72. The van der Waals surface area contributed by atoms with Gasteiger partial charge in [-0.3, -0.25) is 5.10 Å². The van der Waals surface area contributed by atoms with Crippen molar-refractivity contribution < 1.29 is 13.2 Å². The van der Waals surface area contributed by atoms with E-state index >= 15 is 0 Å². The van der Waals surface area contributed by atoms with Crippen LogP contribution in [-0.2, 0) is 9.84 Å². The average Bonchev–Trinajstić information content (AvgIpc) is 2.81. The zero-order chi connectivity index (χ0) is 14.8. The Morgan fingerprint density at radius 2 is 2.00 bits per heavy atom. The number of anilines is 1.